The van der Waals surface area contributed by atoms with Gasteiger partial charge in [-0.25, -0.2) is 0 Å². The largest absolute Gasteiger partial charge is 0.0654 e. The topological polar surface area (TPSA) is 0 Å². The van der Waals surface area contributed by atoms with E-state index in [0.29, 0.717) is 0 Å². The van der Waals surface area contributed by atoms with E-state index in [2.05, 4.69) is 34.6 Å². The molecule has 0 saturated carbocycles. The van der Waals surface area contributed by atoms with Gasteiger partial charge in [-0.05, 0) is 24.2 Å². The molecule has 0 heteroatoms. The van der Waals surface area contributed by atoms with Gasteiger partial charge in [-0.2, -0.15) is 0 Å². The summed E-state index contributed by atoms with van der Waals surface area (Å²) in [4.78, 5) is 0. The van der Waals surface area contributed by atoms with Crippen LogP contribution < -0.4 is 0 Å². The van der Waals surface area contributed by atoms with Gasteiger partial charge in [-0.3, -0.25) is 0 Å². The zero-order valence-electron chi connectivity index (χ0n) is 15.2. The highest BCUT2D eigenvalue weighted by atomic mass is 14.2. The average molecular weight is 283 g/mol. The Morgan fingerprint density at radius 2 is 0.950 bits per heavy atom. The molecule has 0 N–H and O–H groups in total. The highest BCUT2D eigenvalue weighted by Crippen LogP contribution is 2.24. The second kappa shape index (κ2) is 14.0. The van der Waals surface area contributed by atoms with Crippen molar-refractivity contribution in [3.8, 4) is 0 Å². The lowest BCUT2D eigenvalue weighted by Crippen LogP contribution is -2.06. The van der Waals surface area contributed by atoms with E-state index in [1.807, 2.05) is 0 Å². The maximum Gasteiger partial charge on any atom is -0.0440 e. The molecule has 0 aromatic heterocycles. The van der Waals surface area contributed by atoms with Gasteiger partial charge in [0.05, 0.1) is 0 Å². The van der Waals surface area contributed by atoms with Crippen molar-refractivity contribution in [3.63, 3.8) is 0 Å². The van der Waals surface area contributed by atoms with Gasteiger partial charge in [-0.15, -0.1) is 0 Å². The quantitative estimate of drug-likeness (QED) is 0.287. The molecule has 0 aliphatic rings. The number of unbranched alkanes of at least 4 members (excludes halogenated alkanes) is 5. The Morgan fingerprint density at radius 1 is 0.500 bits per heavy atom. The Balaban J connectivity index is 3.52. The Kier molecular flexibility index (Phi) is 14.0. The molecule has 122 valence electrons. The normalized spacial score (nSPS) is 16.1. The summed E-state index contributed by atoms with van der Waals surface area (Å²) < 4.78 is 0. The molecule has 0 bridgehead atoms. The molecule has 0 aromatic rings. The number of hydrogen-bond donors (Lipinski definition) is 0. The summed E-state index contributed by atoms with van der Waals surface area (Å²) in [6.45, 7) is 12.0. The lowest BCUT2D eigenvalue weighted by Gasteiger charge is -2.19. The minimum atomic E-state index is 0.935. The van der Waals surface area contributed by atoms with Crippen LogP contribution in [0.25, 0.3) is 0 Å². The van der Waals surface area contributed by atoms with Crippen molar-refractivity contribution in [2.75, 3.05) is 0 Å². The highest BCUT2D eigenvalue weighted by molar-refractivity contribution is 4.63. The molecule has 0 heterocycles. The van der Waals surface area contributed by atoms with Crippen molar-refractivity contribution in [1.29, 1.82) is 0 Å². The fourth-order valence-electron chi connectivity index (χ4n) is 3.30. The smallest absolute Gasteiger partial charge is 0.0440 e. The Hall–Kier alpha value is 0. The van der Waals surface area contributed by atoms with E-state index in [1.54, 1.807) is 0 Å². The van der Waals surface area contributed by atoms with Gasteiger partial charge in [0.2, 0.25) is 0 Å². The zero-order chi connectivity index (χ0) is 15.2. The van der Waals surface area contributed by atoms with Gasteiger partial charge in [0.15, 0.2) is 0 Å². The van der Waals surface area contributed by atoms with Crippen LogP contribution in [0, 0.1) is 17.8 Å². The van der Waals surface area contributed by atoms with Crippen molar-refractivity contribution in [1.82, 2.24) is 0 Å². The first kappa shape index (κ1) is 20.0. The fraction of sp³-hybridized carbons (Fsp3) is 1.00. The van der Waals surface area contributed by atoms with Gasteiger partial charge < -0.3 is 0 Å². The first-order valence-corrected chi connectivity index (χ1v) is 9.60. The summed E-state index contributed by atoms with van der Waals surface area (Å²) in [5.41, 5.74) is 0. The number of hydrogen-bond acceptors (Lipinski definition) is 0. The first-order valence-electron chi connectivity index (χ1n) is 9.60. The summed E-state index contributed by atoms with van der Waals surface area (Å²) >= 11 is 0. The van der Waals surface area contributed by atoms with Gasteiger partial charge in [0, 0.05) is 0 Å². The summed E-state index contributed by atoms with van der Waals surface area (Å²) in [7, 11) is 0. The monoisotopic (exact) mass is 282 g/mol. The molecule has 0 fully saturated rings. The number of rotatable bonds is 14. The van der Waals surface area contributed by atoms with Crippen LogP contribution in [0.1, 0.15) is 112 Å². The predicted molar refractivity (Wildman–Crippen MR) is 94.2 cm³/mol. The third-order valence-corrected chi connectivity index (χ3v) is 4.81. The van der Waals surface area contributed by atoms with Crippen LogP contribution in [0.2, 0.25) is 0 Å². The first-order chi connectivity index (χ1) is 9.60. The Bertz CT molecular complexity index is 184. The summed E-state index contributed by atoms with van der Waals surface area (Å²) in [6.07, 6.45) is 17.2. The second-order valence-electron chi connectivity index (χ2n) is 7.47. The predicted octanol–water partition coefficient (Wildman–Crippen LogP) is 7.62. The van der Waals surface area contributed by atoms with E-state index in [1.165, 1.54) is 77.0 Å². The zero-order valence-corrected chi connectivity index (χ0v) is 15.2. The molecule has 0 spiro atoms. The van der Waals surface area contributed by atoms with Crippen molar-refractivity contribution < 1.29 is 0 Å². The molecule has 0 amide bonds. The molecule has 0 aliphatic heterocycles. The maximum absolute atomic E-state index is 2.47. The Morgan fingerprint density at radius 3 is 1.60 bits per heavy atom. The van der Waals surface area contributed by atoms with Gasteiger partial charge in [0.25, 0.3) is 0 Å². The van der Waals surface area contributed by atoms with Gasteiger partial charge in [-0.1, -0.05) is 105 Å². The van der Waals surface area contributed by atoms with Crippen LogP contribution in [-0.2, 0) is 0 Å². The molecular formula is C20H42. The van der Waals surface area contributed by atoms with Crippen molar-refractivity contribution in [2.24, 2.45) is 17.8 Å². The molecule has 0 nitrogen and oxygen atoms in total. The highest BCUT2D eigenvalue weighted by Gasteiger charge is 2.10. The molecule has 0 saturated heterocycles. The Labute approximate surface area is 130 Å². The van der Waals surface area contributed by atoms with E-state index < -0.39 is 0 Å². The second-order valence-corrected chi connectivity index (χ2v) is 7.47. The maximum atomic E-state index is 2.47. The minimum Gasteiger partial charge on any atom is -0.0654 e. The standard InChI is InChI=1S/C20H42/c1-6-8-10-12-13-18(3)15-16-20(5)17-19(4)14-11-9-7-2/h18-20H,6-17H2,1-5H3. The summed E-state index contributed by atoms with van der Waals surface area (Å²) in [5.74, 6) is 2.82. The van der Waals surface area contributed by atoms with Crippen molar-refractivity contribution in [3.05, 3.63) is 0 Å². The molecular weight excluding hydrogens is 240 g/mol. The van der Waals surface area contributed by atoms with Crippen LogP contribution in [-0.4, -0.2) is 0 Å². The lowest BCUT2D eigenvalue weighted by molar-refractivity contribution is 0.334. The molecule has 0 aromatic carbocycles. The van der Waals surface area contributed by atoms with Crippen LogP contribution in [0.4, 0.5) is 0 Å². The van der Waals surface area contributed by atoms with Crippen LogP contribution in [0.5, 0.6) is 0 Å². The van der Waals surface area contributed by atoms with Gasteiger partial charge >= 0.3 is 0 Å². The molecule has 3 atom stereocenters. The van der Waals surface area contributed by atoms with E-state index in [0.717, 1.165) is 17.8 Å². The third kappa shape index (κ3) is 13.0. The van der Waals surface area contributed by atoms with Crippen LogP contribution >= 0.6 is 0 Å². The third-order valence-electron chi connectivity index (χ3n) is 4.81. The van der Waals surface area contributed by atoms with Crippen molar-refractivity contribution >= 4 is 0 Å². The minimum absolute atomic E-state index is 0.935. The average Bonchev–Trinajstić information content (AvgIpc) is 2.41. The van der Waals surface area contributed by atoms with Crippen LogP contribution in [0.3, 0.4) is 0 Å². The molecule has 20 heavy (non-hydrogen) atoms. The summed E-state index contributed by atoms with van der Waals surface area (Å²) in [6, 6.07) is 0. The van der Waals surface area contributed by atoms with Gasteiger partial charge in [0.1, 0.15) is 0 Å². The van der Waals surface area contributed by atoms with E-state index >= 15 is 0 Å². The lowest BCUT2D eigenvalue weighted by atomic mass is 9.87. The summed E-state index contributed by atoms with van der Waals surface area (Å²) in [5, 5.41) is 0. The fourth-order valence-corrected chi connectivity index (χ4v) is 3.30. The van der Waals surface area contributed by atoms with E-state index in [4.69, 9.17) is 0 Å². The SMILES string of the molecule is CCCCCCC(C)CCC(C)CC(C)CCCCC. The molecule has 3 unspecified atom stereocenters. The van der Waals surface area contributed by atoms with Crippen molar-refractivity contribution in [2.45, 2.75) is 112 Å². The molecule has 0 radical (unpaired) electrons. The molecule has 0 rings (SSSR count). The van der Waals surface area contributed by atoms with E-state index in [9.17, 15) is 0 Å². The van der Waals surface area contributed by atoms with E-state index in [-0.39, 0.29) is 0 Å². The molecule has 0 aliphatic carbocycles. The van der Waals surface area contributed by atoms with Crippen LogP contribution in [0.15, 0.2) is 0 Å².